The summed E-state index contributed by atoms with van der Waals surface area (Å²) in [5, 5.41) is 18.7. The van der Waals surface area contributed by atoms with Crippen LogP contribution in [0.4, 0.5) is 11.5 Å². The molecule has 30 heavy (non-hydrogen) atoms. The topological polar surface area (TPSA) is 95.9 Å². The molecule has 0 aliphatic rings. The summed E-state index contributed by atoms with van der Waals surface area (Å²) in [4.78, 5) is 14.9. The summed E-state index contributed by atoms with van der Waals surface area (Å²) in [6.45, 7) is 0. The summed E-state index contributed by atoms with van der Waals surface area (Å²) >= 11 is 6.23. The van der Waals surface area contributed by atoms with E-state index in [9.17, 15) is 0 Å². The van der Waals surface area contributed by atoms with E-state index in [1.165, 1.54) is 0 Å². The summed E-state index contributed by atoms with van der Waals surface area (Å²) in [5.41, 5.74) is 3.31. The smallest absolute Gasteiger partial charge is 0.257 e. The van der Waals surface area contributed by atoms with E-state index >= 15 is 0 Å². The molecule has 9 heteroatoms. The second-order valence-corrected chi connectivity index (χ2v) is 7.02. The number of nitrogens with zero attached hydrogens (tertiary/aromatic N) is 8. The highest BCUT2D eigenvalue weighted by Gasteiger charge is 2.15. The summed E-state index contributed by atoms with van der Waals surface area (Å²) in [5.74, 6) is 1.34. The number of hydrogen-bond acceptors (Lipinski definition) is 7. The molecule has 0 unspecified atom stereocenters. The van der Waals surface area contributed by atoms with Crippen molar-refractivity contribution in [2.24, 2.45) is 0 Å². The van der Waals surface area contributed by atoms with Gasteiger partial charge in [0.1, 0.15) is 18.2 Å². The van der Waals surface area contributed by atoms with Gasteiger partial charge < -0.3 is 4.90 Å². The zero-order chi connectivity index (χ0) is 20.7. The Kier molecular flexibility index (Phi) is 4.23. The normalized spacial score (nSPS) is 11.0. The maximum absolute atomic E-state index is 9.08. The molecule has 0 radical (unpaired) electrons. The van der Waals surface area contributed by atoms with Gasteiger partial charge in [-0.25, -0.2) is 9.97 Å². The molecule has 0 atom stereocenters. The molecule has 0 bridgehead atoms. The lowest BCUT2D eigenvalue weighted by Crippen LogP contribution is -2.13. The van der Waals surface area contributed by atoms with Gasteiger partial charge in [0.05, 0.1) is 11.2 Å². The van der Waals surface area contributed by atoms with Gasteiger partial charge in [-0.05, 0) is 36.4 Å². The minimum absolute atomic E-state index is 0.132. The third kappa shape index (κ3) is 2.98. The second-order valence-electron chi connectivity index (χ2n) is 6.58. The van der Waals surface area contributed by atoms with E-state index < -0.39 is 0 Å². The molecule has 0 aliphatic heterocycles. The number of fused-ring (bicyclic) bond motifs is 3. The van der Waals surface area contributed by atoms with Crippen molar-refractivity contribution in [3.05, 3.63) is 71.9 Å². The van der Waals surface area contributed by atoms with Crippen molar-refractivity contribution in [3.8, 4) is 17.3 Å². The Labute approximate surface area is 176 Å². The van der Waals surface area contributed by atoms with E-state index in [1.807, 2.05) is 60.5 Å². The van der Waals surface area contributed by atoms with Gasteiger partial charge in [-0.1, -0.05) is 23.7 Å². The Morgan fingerprint density at radius 3 is 2.87 bits per heavy atom. The largest absolute Gasteiger partial charge is 0.329 e. The molecule has 3 heterocycles. The predicted molar refractivity (Wildman–Crippen MR) is 114 cm³/mol. The molecule has 2 aromatic carbocycles. The van der Waals surface area contributed by atoms with Crippen LogP contribution in [-0.4, -0.2) is 36.6 Å². The van der Waals surface area contributed by atoms with Crippen LogP contribution in [0.1, 0.15) is 5.82 Å². The minimum atomic E-state index is 0.132. The molecule has 0 saturated carbocycles. The van der Waals surface area contributed by atoms with Crippen molar-refractivity contribution >= 4 is 39.8 Å². The first kappa shape index (κ1) is 18.0. The van der Waals surface area contributed by atoms with Gasteiger partial charge >= 0.3 is 0 Å². The Morgan fingerprint density at radius 2 is 2.00 bits per heavy atom. The van der Waals surface area contributed by atoms with Crippen LogP contribution in [0.3, 0.4) is 0 Å². The molecule has 0 N–H and O–H groups in total. The molecule has 8 nitrogen and oxygen atoms in total. The van der Waals surface area contributed by atoms with Crippen LogP contribution in [0.15, 0.2) is 61.1 Å². The lowest BCUT2D eigenvalue weighted by atomic mass is 10.1. The molecule has 0 spiro atoms. The van der Waals surface area contributed by atoms with Crippen molar-refractivity contribution < 1.29 is 0 Å². The Bertz CT molecular complexity index is 1450. The lowest BCUT2D eigenvalue weighted by molar-refractivity contribution is 1.08. The van der Waals surface area contributed by atoms with Crippen LogP contribution in [0.25, 0.3) is 27.9 Å². The Morgan fingerprint density at radius 1 is 1.10 bits per heavy atom. The molecule has 0 amide bonds. The first-order chi connectivity index (χ1) is 14.6. The van der Waals surface area contributed by atoms with E-state index in [4.69, 9.17) is 21.8 Å². The predicted octanol–water partition coefficient (Wildman–Crippen LogP) is 4.03. The molecule has 5 aromatic rings. The molecular formula is C21H13ClN8. The molecule has 144 valence electrons. The summed E-state index contributed by atoms with van der Waals surface area (Å²) in [6, 6.07) is 17.2. The number of nitriles is 1. The maximum Gasteiger partial charge on any atom is 0.257 e. The second kappa shape index (κ2) is 7.06. The van der Waals surface area contributed by atoms with Gasteiger partial charge in [-0.3, -0.25) is 4.40 Å². The standard InChI is InChI=1S/C21H13ClN8/c1-29(15-4-2-3-13(9-15)17-7-8-24-19(11-23)26-17)20-16-6-5-14(22)10-18(16)30-12-25-28-21(30)27-20/h2-10,12H,1H3. The molecule has 0 aliphatic carbocycles. The summed E-state index contributed by atoms with van der Waals surface area (Å²) < 4.78 is 1.80. The van der Waals surface area contributed by atoms with Crippen molar-refractivity contribution in [1.29, 1.82) is 5.26 Å². The van der Waals surface area contributed by atoms with Gasteiger partial charge in [0.15, 0.2) is 0 Å². The average Bonchev–Trinajstić information content (AvgIpc) is 3.27. The fourth-order valence-corrected chi connectivity index (χ4v) is 3.51. The van der Waals surface area contributed by atoms with Gasteiger partial charge in [0.2, 0.25) is 5.82 Å². The zero-order valence-electron chi connectivity index (χ0n) is 15.7. The van der Waals surface area contributed by atoms with E-state index in [1.54, 1.807) is 23.0 Å². The van der Waals surface area contributed by atoms with E-state index in [0.29, 0.717) is 16.5 Å². The highest BCUT2D eigenvalue weighted by Crippen LogP contribution is 2.33. The van der Waals surface area contributed by atoms with Gasteiger partial charge in [0.25, 0.3) is 5.78 Å². The fraction of sp³-hybridized carbons (Fsp3) is 0.0476. The minimum Gasteiger partial charge on any atom is -0.329 e. The highest BCUT2D eigenvalue weighted by atomic mass is 35.5. The number of hydrogen-bond donors (Lipinski definition) is 0. The number of halogens is 1. The zero-order valence-corrected chi connectivity index (χ0v) is 16.5. The molecule has 5 rings (SSSR count). The summed E-state index contributed by atoms with van der Waals surface area (Å²) in [6.07, 6.45) is 3.20. The first-order valence-corrected chi connectivity index (χ1v) is 9.38. The van der Waals surface area contributed by atoms with E-state index in [-0.39, 0.29) is 5.82 Å². The van der Waals surface area contributed by atoms with E-state index in [0.717, 1.165) is 28.0 Å². The third-order valence-corrected chi connectivity index (χ3v) is 5.03. The Balaban J connectivity index is 1.65. The summed E-state index contributed by atoms with van der Waals surface area (Å²) in [7, 11) is 1.93. The lowest BCUT2D eigenvalue weighted by Gasteiger charge is -2.21. The van der Waals surface area contributed by atoms with Crippen molar-refractivity contribution in [2.75, 3.05) is 11.9 Å². The average molecular weight is 413 g/mol. The van der Waals surface area contributed by atoms with Gasteiger partial charge in [-0.15, -0.1) is 10.2 Å². The molecule has 3 aromatic heterocycles. The first-order valence-electron chi connectivity index (χ1n) is 9.00. The maximum atomic E-state index is 9.08. The number of benzene rings is 2. The van der Waals surface area contributed by atoms with Crippen LogP contribution in [0.2, 0.25) is 5.02 Å². The Hall–Kier alpha value is -4.09. The molecular weight excluding hydrogens is 400 g/mol. The van der Waals surface area contributed by atoms with Crippen LogP contribution in [-0.2, 0) is 0 Å². The highest BCUT2D eigenvalue weighted by molar-refractivity contribution is 6.31. The third-order valence-electron chi connectivity index (χ3n) is 4.80. The van der Waals surface area contributed by atoms with Gasteiger partial charge in [-0.2, -0.15) is 10.2 Å². The fourth-order valence-electron chi connectivity index (χ4n) is 3.35. The monoisotopic (exact) mass is 412 g/mol. The quantitative estimate of drug-likeness (QED) is 0.441. The van der Waals surface area contributed by atoms with Gasteiger partial charge in [0, 0.05) is 34.9 Å². The number of anilines is 2. The van der Waals surface area contributed by atoms with E-state index in [2.05, 4.69) is 20.2 Å². The van der Waals surface area contributed by atoms with Crippen LogP contribution >= 0.6 is 11.6 Å². The van der Waals surface area contributed by atoms with Crippen molar-refractivity contribution in [2.45, 2.75) is 0 Å². The molecule has 0 fully saturated rings. The number of rotatable bonds is 3. The van der Waals surface area contributed by atoms with Crippen LogP contribution in [0.5, 0.6) is 0 Å². The van der Waals surface area contributed by atoms with Crippen molar-refractivity contribution in [1.82, 2.24) is 29.5 Å². The van der Waals surface area contributed by atoms with Crippen LogP contribution < -0.4 is 4.90 Å². The molecule has 0 saturated heterocycles. The number of aromatic nitrogens is 6. The van der Waals surface area contributed by atoms with Crippen LogP contribution in [0, 0.1) is 11.3 Å². The SMILES string of the molecule is CN(c1cccc(-c2ccnc(C#N)n2)c1)c1nc2nncn2c2cc(Cl)ccc12. The van der Waals surface area contributed by atoms with Crippen molar-refractivity contribution in [3.63, 3.8) is 0 Å².